The SMILES string of the molecule is CC1(C)c2ccccc2-c2ccc(-c3c4ccccc4c(-c4cccc(-c5ccc6c7c(c8ccccc8c6c5)-c5cc6ccccc6cc5C7(C)C)c4)c4ccccc34)cc21. The van der Waals surface area contributed by atoms with E-state index < -0.39 is 0 Å². The quantitative estimate of drug-likeness (QED) is 0.124. The molecule has 0 heterocycles. The highest BCUT2D eigenvalue weighted by molar-refractivity contribution is 6.22. The van der Waals surface area contributed by atoms with Crippen molar-refractivity contribution in [3.63, 3.8) is 0 Å². The van der Waals surface area contributed by atoms with Crippen LogP contribution in [0.5, 0.6) is 0 Å². The van der Waals surface area contributed by atoms with Crippen molar-refractivity contribution in [1.29, 1.82) is 0 Å². The summed E-state index contributed by atoms with van der Waals surface area (Å²) in [5.74, 6) is 0. The van der Waals surface area contributed by atoms with Crippen LogP contribution in [0.25, 0.3) is 109 Å². The lowest BCUT2D eigenvalue weighted by Crippen LogP contribution is -2.15. The largest absolute Gasteiger partial charge is 0.0619 e. The predicted octanol–water partition coefficient (Wildman–Crippen LogP) is 17.1. The fourth-order valence-electron chi connectivity index (χ4n) is 11.9. The third kappa shape index (κ3) is 4.78. The average molecular weight is 789 g/mol. The topological polar surface area (TPSA) is 0 Å². The zero-order chi connectivity index (χ0) is 41.5. The van der Waals surface area contributed by atoms with E-state index in [9.17, 15) is 0 Å². The highest BCUT2D eigenvalue weighted by atomic mass is 14.4. The van der Waals surface area contributed by atoms with Crippen LogP contribution >= 0.6 is 0 Å². The molecule has 0 heteroatoms. The van der Waals surface area contributed by atoms with E-state index in [0.717, 1.165) is 0 Å². The highest BCUT2D eigenvalue weighted by Crippen LogP contribution is 2.56. The number of hydrogen-bond donors (Lipinski definition) is 0. The third-order valence-corrected chi connectivity index (χ3v) is 14.8. The van der Waals surface area contributed by atoms with Gasteiger partial charge in [0, 0.05) is 10.8 Å². The molecule has 2 aliphatic rings. The Hall–Kier alpha value is -7.28. The van der Waals surface area contributed by atoms with E-state index in [4.69, 9.17) is 0 Å². The minimum absolute atomic E-state index is 0.0701. The maximum absolute atomic E-state index is 2.48. The van der Waals surface area contributed by atoms with Crippen LogP contribution < -0.4 is 0 Å². The van der Waals surface area contributed by atoms with Crippen LogP contribution in [-0.2, 0) is 10.8 Å². The van der Waals surface area contributed by atoms with Gasteiger partial charge in [-0.1, -0.05) is 191 Å². The molecule has 0 saturated heterocycles. The minimum atomic E-state index is -0.145. The number of benzene rings is 11. The molecule has 0 aliphatic heterocycles. The first kappa shape index (κ1) is 35.5. The molecule has 2 aliphatic carbocycles. The first-order valence-corrected chi connectivity index (χ1v) is 22.1. The van der Waals surface area contributed by atoms with Gasteiger partial charge in [0.25, 0.3) is 0 Å². The Morgan fingerprint density at radius 3 is 1.45 bits per heavy atom. The standard InChI is InChI=1S/C62H44/c1-61(2)54-27-14-13-21-44(54)45-30-29-42(36-55(45)61)58-49-25-11-9-23-47(49)57(48-24-10-12-26-50(48)58)41-19-15-18-37(32-41)40-28-31-51-52(33-40)43-20-7-8-22-46(43)59-53-34-38-16-5-6-17-39(38)35-56(53)62(3,4)60(51)59/h5-36H,1-4H3. The van der Waals surface area contributed by atoms with Crippen LogP contribution in [0.15, 0.2) is 194 Å². The smallest absolute Gasteiger partial charge is 0.0165 e. The fourth-order valence-corrected chi connectivity index (χ4v) is 11.9. The number of fused-ring (bicyclic) bond motifs is 14. The molecule has 0 N–H and O–H groups in total. The molecule has 11 aromatic carbocycles. The van der Waals surface area contributed by atoms with Gasteiger partial charge in [0.05, 0.1) is 0 Å². The van der Waals surface area contributed by atoms with E-state index >= 15 is 0 Å². The van der Waals surface area contributed by atoms with Gasteiger partial charge < -0.3 is 0 Å². The van der Waals surface area contributed by atoms with Gasteiger partial charge in [-0.15, -0.1) is 0 Å². The van der Waals surface area contributed by atoms with Gasteiger partial charge in [-0.3, -0.25) is 0 Å². The Balaban J connectivity index is 0.989. The van der Waals surface area contributed by atoms with Crippen LogP contribution in [0, 0.1) is 0 Å². The minimum Gasteiger partial charge on any atom is -0.0619 e. The maximum atomic E-state index is 2.48. The first-order valence-electron chi connectivity index (χ1n) is 22.1. The zero-order valence-corrected chi connectivity index (χ0v) is 35.5. The summed E-state index contributed by atoms with van der Waals surface area (Å²) >= 11 is 0. The van der Waals surface area contributed by atoms with Gasteiger partial charge in [0.15, 0.2) is 0 Å². The Kier molecular flexibility index (Phi) is 7.23. The summed E-state index contributed by atoms with van der Waals surface area (Å²) in [7, 11) is 0. The molecular formula is C62H44. The van der Waals surface area contributed by atoms with Gasteiger partial charge in [-0.05, 0) is 162 Å². The lowest BCUT2D eigenvalue weighted by molar-refractivity contribution is 0.660. The van der Waals surface area contributed by atoms with Crippen molar-refractivity contribution in [1.82, 2.24) is 0 Å². The molecule has 0 atom stereocenters. The van der Waals surface area contributed by atoms with Crippen LogP contribution in [0.4, 0.5) is 0 Å². The summed E-state index contributed by atoms with van der Waals surface area (Å²) in [6.07, 6.45) is 0. The molecule has 0 radical (unpaired) electrons. The molecule has 292 valence electrons. The van der Waals surface area contributed by atoms with Crippen LogP contribution in [0.2, 0.25) is 0 Å². The third-order valence-electron chi connectivity index (χ3n) is 14.8. The second-order valence-electron chi connectivity index (χ2n) is 18.8. The molecule has 0 spiro atoms. The number of rotatable bonds is 3. The number of hydrogen-bond acceptors (Lipinski definition) is 0. The van der Waals surface area contributed by atoms with E-state index in [-0.39, 0.29) is 10.8 Å². The monoisotopic (exact) mass is 788 g/mol. The van der Waals surface area contributed by atoms with E-state index in [2.05, 4.69) is 222 Å². The van der Waals surface area contributed by atoms with E-state index in [1.54, 1.807) is 0 Å². The molecule has 0 amide bonds. The molecule has 11 aromatic rings. The van der Waals surface area contributed by atoms with Gasteiger partial charge in [-0.2, -0.15) is 0 Å². The molecule has 0 aromatic heterocycles. The van der Waals surface area contributed by atoms with Gasteiger partial charge >= 0.3 is 0 Å². The molecule has 0 unspecified atom stereocenters. The van der Waals surface area contributed by atoms with Crippen LogP contribution in [0.1, 0.15) is 49.9 Å². The van der Waals surface area contributed by atoms with E-state index in [0.29, 0.717) is 0 Å². The maximum Gasteiger partial charge on any atom is 0.0165 e. The summed E-state index contributed by atoms with van der Waals surface area (Å²) in [4.78, 5) is 0. The lowest BCUT2D eigenvalue weighted by Gasteiger charge is -2.24. The Morgan fingerprint density at radius 1 is 0.258 bits per heavy atom. The molecule has 0 nitrogen and oxygen atoms in total. The second-order valence-corrected chi connectivity index (χ2v) is 18.8. The van der Waals surface area contributed by atoms with Crippen molar-refractivity contribution < 1.29 is 0 Å². The summed E-state index contributed by atoms with van der Waals surface area (Å²) in [5, 5.41) is 13.0. The van der Waals surface area contributed by atoms with Crippen molar-refractivity contribution >= 4 is 53.9 Å². The van der Waals surface area contributed by atoms with Crippen LogP contribution in [-0.4, -0.2) is 0 Å². The Bertz CT molecular complexity index is 3690. The second kappa shape index (κ2) is 12.6. The summed E-state index contributed by atoms with van der Waals surface area (Å²) in [6, 6.07) is 73.5. The van der Waals surface area contributed by atoms with Gasteiger partial charge in [0.1, 0.15) is 0 Å². The zero-order valence-electron chi connectivity index (χ0n) is 35.5. The van der Waals surface area contributed by atoms with Gasteiger partial charge in [0.2, 0.25) is 0 Å². The normalized spacial score (nSPS) is 14.4. The molecule has 0 bridgehead atoms. The molecule has 0 fully saturated rings. The van der Waals surface area contributed by atoms with Crippen molar-refractivity contribution in [3.8, 4) is 55.6 Å². The average Bonchev–Trinajstić information content (AvgIpc) is 3.68. The molecule has 62 heavy (non-hydrogen) atoms. The van der Waals surface area contributed by atoms with Gasteiger partial charge in [-0.25, -0.2) is 0 Å². The van der Waals surface area contributed by atoms with E-state index in [1.807, 2.05) is 0 Å². The summed E-state index contributed by atoms with van der Waals surface area (Å²) < 4.78 is 0. The molecule has 13 rings (SSSR count). The Labute approximate surface area is 362 Å². The summed E-state index contributed by atoms with van der Waals surface area (Å²) in [5.41, 5.74) is 18.5. The van der Waals surface area contributed by atoms with Crippen LogP contribution in [0.3, 0.4) is 0 Å². The van der Waals surface area contributed by atoms with Crippen molar-refractivity contribution in [2.75, 3.05) is 0 Å². The van der Waals surface area contributed by atoms with Crippen molar-refractivity contribution in [2.45, 2.75) is 38.5 Å². The molecular weight excluding hydrogens is 745 g/mol. The Morgan fingerprint density at radius 2 is 0.758 bits per heavy atom. The van der Waals surface area contributed by atoms with Crippen molar-refractivity contribution in [3.05, 3.63) is 216 Å². The molecule has 0 saturated carbocycles. The van der Waals surface area contributed by atoms with E-state index in [1.165, 1.54) is 132 Å². The first-order chi connectivity index (χ1) is 30.3. The predicted molar refractivity (Wildman–Crippen MR) is 265 cm³/mol. The lowest BCUT2D eigenvalue weighted by atomic mass is 9.78. The summed E-state index contributed by atoms with van der Waals surface area (Å²) in [6.45, 7) is 9.59. The fraction of sp³-hybridized carbons (Fsp3) is 0.0968. The van der Waals surface area contributed by atoms with Crippen molar-refractivity contribution in [2.24, 2.45) is 0 Å². The highest BCUT2D eigenvalue weighted by Gasteiger charge is 2.39.